The molecule has 3 heterocycles. The number of thiazole rings is 1. The minimum Gasteiger partial charge on any atom is -0.481 e. The van der Waals surface area contributed by atoms with Gasteiger partial charge in [-0.25, -0.2) is 4.98 Å². The number of benzene rings is 1. The number of anilines is 1. The van der Waals surface area contributed by atoms with E-state index in [4.69, 9.17) is 25.8 Å². The Balaban J connectivity index is 1.75. The van der Waals surface area contributed by atoms with Crippen molar-refractivity contribution in [3.8, 4) is 11.9 Å². The van der Waals surface area contributed by atoms with Crippen molar-refractivity contribution in [3.05, 3.63) is 35.0 Å². The SMILES string of the molecule is COc1cc(C(=O)N(CC2CCCO2)c2nc3c(Cl)cccc3s2)nc(OC)n1. The Morgan fingerprint density at radius 3 is 2.86 bits per heavy atom. The molecule has 2 aromatic heterocycles. The molecule has 1 saturated heterocycles. The number of aromatic nitrogens is 3. The summed E-state index contributed by atoms with van der Waals surface area (Å²) in [4.78, 5) is 27.9. The Morgan fingerprint density at radius 1 is 1.31 bits per heavy atom. The first kappa shape index (κ1) is 19.8. The lowest BCUT2D eigenvalue weighted by Gasteiger charge is -2.22. The third-order valence-electron chi connectivity index (χ3n) is 4.54. The third kappa shape index (κ3) is 4.12. The first-order chi connectivity index (χ1) is 14.1. The van der Waals surface area contributed by atoms with Crippen molar-refractivity contribution < 1.29 is 19.0 Å². The van der Waals surface area contributed by atoms with E-state index in [9.17, 15) is 4.79 Å². The van der Waals surface area contributed by atoms with Gasteiger partial charge in [-0.05, 0) is 25.0 Å². The lowest BCUT2D eigenvalue weighted by Crippen LogP contribution is -2.38. The fraction of sp³-hybridized carbons (Fsp3) is 0.368. The van der Waals surface area contributed by atoms with Crippen LogP contribution in [-0.4, -0.2) is 54.3 Å². The minimum atomic E-state index is -0.338. The summed E-state index contributed by atoms with van der Waals surface area (Å²) >= 11 is 7.68. The minimum absolute atomic E-state index is 0.0529. The summed E-state index contributed by atoms with van der Waals surface area (Å²) in [6.07, 6.45) is 1.78. The zero-order chi connectivity index (χ0) is 20.4. The van der Waals surface area contributed by atoms with Gasteiger partial charge in [0.15, 0.2) is 5.13 Å². The first-order valence-corrected chi connectivity index (χ1v) is 10.2. The van der Waals surface area contributed by atoms with Crippen LogP contribution in [0.2, 0.25) is 5.02 Å². The van der Waals surface area contributed by atoms with Gasteiger partial charge in [-0.3, -0.25) is 9.69 Å². The number of carbonyl (C=O) groups is 1. The number of carbonyl (C=O) groups excluding carboxylic acids is 1. The van der Waals surface area contributed by atoms with Crippen LogP contribution in [0.25, 0.3) is 10.2 Å². The van der Waals surface area contributed by atoms with Crippen LogP contribution in [0.1, 0.15) is 23.3 Å². The Hall–Kier alpha value is -2.49. The van der Waals surface area contributed by atoms with Crippen LogP contribution in [0.15, 0.2) is 24.3 Å². The summed E-state index contributed by atoms with van der Waals surface area (Å²) in [5, 5.41) is 1.07. The molecular weight excluding hydrogens is 416 g/mol. The van der Waals surface area contributed by atoms with Gasteiger partial charge in [0.1, 0.15) is 11.2 Å². The van der Waals surface area contributed by atoms with E-state index in [0.717, 1.165) is 17.5 Å². The van der Waals surface area contributed by atoms with Gasteiger partial charge >= 0.3 is 6.01 Å². The highest BCUT2D eigenvalue weighted by molar-refractivity contribution is 7.22. The van der Waals surface area contributed by atoms with Gasteiger partial charge in [-0.2, -0.15) is 9.97 Å². The molecule has 1 atom stereocenters. The topological polar surface area (TPSA) is 86.7 Å². The van der Waals surface area contributed by atoms with Crippen LogP contribution in [0.4, 0.5) is 5.13 Å². The molecule has 10 heteroatoms. The second-order valence-electron chi connectivity index (χ2n) is 6.42. The molecule has 0 radical (unpaired) electrons. The lowest BCUT2D eigenvalue weighted by atomic mass is 10.2. The Morgan fingerprint density at radius 2 is 2.17 bits per heavy atom. The van der Waals surface area contributed by atoms with Gasteiger partial charge in [0.25, 0.3) is 5.91 Å². The highest BCUT2D eigenvalue weighted by Gasteiger charge is 2.29. The van der Waals surface area contributed by atoms with E-state index in [1.165, 1.54) is 31.6 Å². The summed E-state index contributed by atoms with van der Waals surface area (Å²) in [6.45, 7) is 1.05. The van der Waals surface area contributed by atoms with E-state index >= 15 is 0 Å². The van der Waals surface area contributed by atoms with Gasteiger partial charge in [0.05, 0.1) is 36.6 Å². The maximum absolute atomic E-state index is 13.4. The molecule has 8 nitrogen and oxygen atoms in total. The predicted molar refractivity (Wildman–Crippen MR) is 110 cm³/mol. The molecule has 1 unspecified atom stereocenters. The largest absolute Gasteiger partial charge is 0.481 e. The average molecular weight is 435 g/mol. The zero-order valence-corrected chi connectivity index (χ0v) is 17.5. The molecular formula is C19H19ClN4O4S. The molecule has 1 aliphatic rings. The third-order valence-corrected chi connectivity index (χ3v) is 5.89. The average Bonchev–Trinajstić information content (AvgIpc) is 3.41. The Kier molecular flexibility index (Phi) is 5.79. The molecule has 1 amide bonds. The van der Waals surface area contributed by atoms with E-state index in [0.29, 0.717) is 28.8 Å². The maximum Gasteiger partial charge on any atom is 0.320 e. The smallest absolute Gasteiger partial charge is 0.320 e. The summed E-state index contributed by atoms with van der Waals surface area (Å²) in [5.41, 5.74) is 0.814. The quantitative estimate of drug-likeness (QED) is 0.586. The molecule has 1 aliphatic heterocycles. The van der Waals surface area contributed by atoms with E-state index in [1.807, 2.05) is 12.1 Å². The zero-order valence-electron chi connectivity index (χ0n) is 15.9. The van der Waals surface area contributed by atoms with Crippen molar-refractivity contribution >= 4 is 44.2 Å². The van der Waals surface area contributed by atoms with Gasteiger partial charge in [0, 0.05) is 12.7 Å². The fourth-order valence-electron chi connectivity index (χ4n) is 3.11. The fourth-order valence-corrected chi connectivity index (χ4v) is 4.38. The molecule has 1 fully saturated rings. The van der Waals surface area contributed by atoms with Gasteiger partial charge in [-0.15, -0.1) is 0 Å². The number of para-hydroxylation sites is 1. The van der Waals surface area contributed by atoms with Crippen LogP contribution < -0.4 is 14.4 Å². The second-order valence-corrected chi connectivity index (χ2v) is 7.83. The Bertz CT molecular complexity index is 1020. The number of hydrogen-bond acceptors (Lipinski definition) is 8. The number of methoxy groups -OCH3 is 2. The van der Waals surface area contributed by atoms with Crippen LogP contribution in [0, 0.1) is 0 Å². The molecule has 4 rings (SSSR count). The number of ether oxygens (including phenoxy) is 3. The van der Waals surface area contributed by atoms with Crippen molar-refractivity contribution in [1.29, 1.82) is 0 Å². The molecule has 1 aromatic carbocycles. The Labute approximate surface area is 176 Å². The van der Waals surface area contributed by atoms with E-state index in [-0.39, 0.29) is 29.6 Å². The summed E-state index contributed by atoms with van der Waals surface area (Å²) < 4.78 is 16.9. The molecule has 29 heavy (non-hydrogen) atoms. The van der Waals surface area contributed by atoms with Crippen molar-refractivity contribution in [1.82, 2.24) is 15.0 Å². The maximum atomic E-state index is 13.4. The number of hydrogen-bond donors (Lipinski definition) is 0. The highest BCUT2D eigenvalue weighted by atomic mass is 35.5. The van der Waals surface area contributed by atoms with Crippen molar-refractivity contribution in [2.75, 3.05) is 32.3 Å². The summed E-state index contributed by atoms with van der Waals surface area (Å²) in [6, 6.07) is 7.09. The van der Waals surface area contributed by atoms with E-state index < -0.39 is 0 Å². The predicted octanol–water partition coefficient (Wildman–Crippen LogP) is 3.58. The van der Waals surface area contributed by atoms with E-state index in [1.54, 1.807) is 11.0 Å². The van der Waals surface area contributed by atoms with E-state index in [2.05, 4.69) is 15.0 Å². The first-order valence-electron chi connectivity index (χ1n) is 9.04. The van der Waals surface area contributed by atoms with Gasteiger partial charge in [0.2, 0.25) is 5.88 Å². The number of rotatable bonds is 6. The van der Waals surface area contributed by atoms with Crippen LogP contribution in [0.5, 0.6) is 11.9 Å². The van der Waals surface area contributed by atoms with Crippen molar-refractivity contribution in [3.63, 3.8) is 0 Å². The number of amides is 1. The molecule has 0 N–H and O–H groups in total. The monoisotopic (exact) mass is 434 g/mol. The second kappa shape index (κ2) is 8.48. The summed E-state index contributed by atoms with van der Waals surface area (Å²) in [7, 11) is 2.90. The number of nitrogens with zero attached hydrogens (tertiary/aromatic N) is 4. The molecule has 0 spiro atoms. The highest BCUT2D eigenvalue weighted by Crippen LogP contribution is 2.34. The normalized spacial score (nSPS) is 16.2. The molecule has 0 bridgehead atoms. The summed E-state index contributed by atoms with van der Waals surface area (Å²) in [5.74, 6) is -0.0979. The molecule has 0 aliphatic carbocycles. The number of fused-ring (bicyclic) bond motifs is 1. The van der Waals surface area contributed by atoms with Crippen molar-refractivity contribution in [2.45, 2.75) is 18.9 Å². The standard InChI is InChI=1S/C19H19ClN4O4S/c1-26-15-9-13(21-18(22-15)27-2)17(25)24(10-11-5-4-8-28-11)19-23-16-12(20)6-3-7-14(16)29-19/h3,6-7,9,11H,4-5,8,10H2,1-2H3. The van der Waals surface area contributed by atoms with Crippen LogP contribution >= 0.6 is 22.9 Å². The number of halogens is 1. The lowest BCUT2D eigenvalue weighted by molar-refractivity contribution is 0.0912. The molecule has 152 valence electrons. The van der Waals surface area contributed by atoms with Crippen LogP contribution in [0.3, 0.4) is 0 Å². The molecule has 3 aromatic rings. The molecule has 0 saturated carbocycles. The van der Waals surface area contributed by atoms with Gasteiger partial charge in [-0.1, -0.05) is 29.0 Å². The van der Waals surface area contributed by atoms with Crippen LogP contribution in [-0.2, 0) is 4.74 Å². The van der Waals surface area contributed by atoms with Crippen molar-refractivity contribution in [2.24, 2.45) is 0 Å². The van der Waals surface area contributed by atoms with Gasteiger partial charge < -0.3 is 14.2 Å².